The largest absolute Gasteiger partial charge is 0.367 e. The lowest BCUT2D eigenvalue weighted by molar-refractivity contribution is -0.111. The summed E-state index contributed by atoms with van der Waals surface area (Å²) < 4.78 is 0. The Balaban J connectivity index is 1.48. The normalized spacial score (nSPS) is 15.1. The maximum Gasteiger partial charge on any atom is 0.248 e. The van der Waals surface area contributed by atoms with Crippen molar-refractivity contribution in [3.63, 3.8) is 0 Å². The number of benzene rings is 2. The molecule has 5 heteroatoms. The third kappa shape index (κ3) is 4.46. The summed E-state index contributed by atoms with van der Waals surface area (Å²) in [6.45, 7) is 7.32. The molecule has 4 rings (SSSR count). The second-order valence-corrected chi connectivity index (χ2v) is 7.18. The number of likely N-dealkylation sites (N-methyl/N-ethyl adjacent to an activating group) is 1. The SMILES string of the molecule is CCN1CCN(c2ccccc2NC(=O)/C=C/c2cccc3cccnc23)CC1. The molecule has 1 saturated heterocycles. The number of piperazine rings is 1. The molecule has 1 aromatic heterocycles. The van der Waals surface area contributed by atoms with E-state index in [9.17, 15) is 4.79 Å². The van der Waals surface area contributed by atoms with Gasteiger partial charge in [-0.1, -0.05) is 43.3 Å². The number of fused-ring (bicyclic) bond motifs is 1. The number of carbonyl (C=O) groups is 1. The highest BCUT2D eigenvalue weighted by Gasteiger charge is 2.18. The molecule has 2 heterocycles. The molecular weight excluding hydrogens is 360 g/mol. The van der Waals surface area contributed by atoms with E-state index in [0.29, 0.717) is 0 Å². The zero-order chi connectivity index (χ0) is 20.1. The van der Waals surface area contributed by atoms with Crippen molar-refractivity contribution in [1.82, 2.24) is 9.88 Å². The Labute approximate surface area is 171 Å². The van der Waals surface area contributed by atoms with Gasteiger partial charge >= 0.3 is 0 Å². The molecule has 1 amide bonds. The molecule has 0 aliphatic carbocycles. The van der Waals surface area contributed by atoms with Gasteiger partial charge in [-0.15, -0.1) is 0 Å². The van der Waals surface area contributed by atoms with Crippen LogP contribution in [0.1, 0.15) is 12.5 Å². The third-order valence-corrected chi connectivity index (χ3v) is 5.40. The van der Waals surface area contributed by atoms with Gasteiger partial charge in [0.05, 0.1) is 16.9 Å². The number of nitrogens with one attached hydrogen (secondary N) is 1. The van der Waals surface area contributed by atoms with Gasteiger partial charge in [0.1, 0.15) is 0 Å². The zero-order valence-corrected chi connectivity index (χ0v) is 16.7. The number of aromatic nitrogens is 1. The number of carbonyl (C=O) groups excluding carboxylic acids is 1. The highest BCUT2D eigenvalue weighted by molar-refractivity contribution is 6.04. The molecular formula is C24H26N4O. The third-order valence-electron chi connectivity index (χ3n) is 5.40. The Kier molecular flexibility index (Phi) is 5.86. The van der Waals surface area contributed by atoms with Crippen molar-refractivity contribution in [2.45, 2.75) is 6.92 Å². The highest BCUT2D eigenvalue weighted by atomic mass is 16.1. The maximum absolute atomic E-state index is 12.6. The Morgan fingerprint density at radius 3 is 2.66 bits per heavy atom. The molecule has 0 spiro atoms. The Hall–Kier alpha value is -3.18. The minimum Gasteiger partial charge on any atom is -0.367 e. The van der Waals surface area contributed by atoms with Crippen molar-refractivity contribution in [3.8, 4) is 0 Å². The van der Waals surface area contributed by atoms with E-state index in [4.69, 9.17) is 0 Å². The fourth-order valence-corrected chi connectivity index (χ4v) is 3.76. The van der Waals surface area contributed by atoms with Crippen LogP contribution in [0.4, 0.5) is 11.4 Å². The van der Waals surface area contributed by atoms with Gasteiger partial charge in [0.25, 0.3) is 0 Å². The number of para-hydroxylation sites is 3. The molecule has 1 aliphatic rings. The first kappa shape index (κ1) is 19.2. The van der Waals surface area contributed by atoms with Gasteiger partial charge in [0.15, 0.2) is 0 Å². The zero-order valence-electron chi connectivity index (χ0n) is 16.7. The standard InChI is InChI=1S/C24H26N4O/c1-2-27-15-17-28(18-16-27)22-11-4-3-10-21(22)26-23(29)13-12-20-8-5-7-19-9-6-14-25-24(19)20/h3-14H,2,15-18H2,1H3,(H,26,29)/b13-12+. The second kappa shape index (κ2) is 8.88. The van der Waals surface area contributed by atoms with Crippen molar-refractivity contribution in [3.05, 3.63) is 72.4 Å². The van der Waals surface area contributed by atoms with E-state index in [-0.39, 0.29) is 5.91 Å². The molecule has 148 valence electrons. The molecule has 1 aliphatic heterocycles. The van der Waals surface area contributed by atoms with Gasteiger partial charge in [0.2, 0.25) is 5.91 Å². The first-order valence-corrected chi connectivity index (χ1v) is 10.1. The van der Waals surface area contributed by atoms with Crippen LogP contribution < -0.4 is 10.2 Å². The molecule has 5 nitrogen and oxygen atoms in total. The fraction of sp³-hybridized carbons (Fsp3) is 0.250. The van der Waals surface area contributed by atoms with E-state index in [1.54, 1.807) is 12.3 Å². The monoisotopic (exact) mass is 386 g/mol. The van der Waals surface area contributed by atoms with Crippen molar-refractivity contribution in [2.24, 2.45) is 0 Å². The van der Waals surface area contributed by atoms with Crippen molar-refractivity contribution in [2.75, 3.05) is 42.9 Å². The smallest absolute Gasteiger partial charge is 0.248 e. The van der Waals surface area contributed by atoms with Crippen LogP contribution in [-0.2, 0) is 4.79 Å². The van der Waals surface area contributed by atoms with Gasteiger partial charge in [-0.05, 0) is 30.8 Å². The van der Waals surface area contributed by atoms with Gasteiger partial charge in [-0.3, -0.25) is 9.78 Å². The van der Waals surface area contributed by atoms with Crippen LogP contribution >= 0.6 is 0 Å². The summed E-state index contributed by atoms with van der Waals surface area (Å²) in [5, 5.41) is 4.11. The number of nitrogens with zero attached hydrogens (tertiary/aromatic N) is 3. The van der Waals surface area contributed by atoms with Crippen molar-refractivity contribution >= 4 is 34.3 Å². The fourth-order valence-electron chi connectivity index (χ4n) is 3.76. The van der Waals surface area contributed by atoms with E-state index in [1.807, 2.05) is 54.6 Å². The lowest BCUT2D eigenvalue weighted by atomic mass is 10.1. The summed E-state index contributed by atoms with van der Waals surface area (Å²) >= 11 is 0. The van der Waals surface area contributed by atoms with Crippen molar-refractivity contribution in [1.29, 1.82) is 0 Å². The van der Waals surface area contributed by atoms with Gasteiger partial charge in [-0.25, -0.2) is 0 Å². The molecule has 0 atom stereocenters. The number of amides is 1. The van der Waals surface area contributed by atoms with E-state index < -0.39 is 0 Å². The van der Waals surface area contributed by atoms with Crippen LogP contribution in [-0.4, -0.2) is 48.5 Å². The quantitative estimate of drug-likeness (QED) is 0.673. The number of rotatable bonds is 5. The van der Waals surface area contributed by atoms with E-state index in [0.717, 1.165) is 60.6 Å². The van der Waals surface area contributed by atoms with E-state index >= 15 is 0 Å². The first-order valence-electron chi connectivity index (χ1n) is 10.1. The topological polar surface area (TPSA) is 48.5 Å². The molecule has 1 N–H and O–H groups in total. The Bertz CT molecular complexity index is 1020. The highest BCUT2D eigenvalue weighted by Crippen LogP contribution is 2.27. The summed E-state index contributed by atoms with van der Waals surface area (Å²) in [6, 6.07) is 17.9. The number of anilines is 2. The molecule has 0 radical (unpaired) electrons. The molecule has 2 aromatic carbocycles. The lowest BCUT2D eigenvalue weighted by Crippen LogP contribution is -2.46. The average molecular weight is 386 g/mol. The number of pyridine rings is 1. The number of hydrogen-bond acceptors (Lipinski definition) is 4. The van der Waals surface area contributed by atoms with Crippen molar-refractivity contribution < 1.29 is 4.79 Å². The summed E-state index contributed by atoms with van der Waals surface area (Å²) in [7, 11) is 0. The minimum atomic E-state index is -0.141. The Morgan fingerprint density at radius 2 is 1.83 bits per heavy atom. The van der Waals surface area contributed by atoms with Crippen LogP contribution in [0.2, 0.25) is 0 Å². The first-order chi connectivity index (χ1) is 14.2. The molecule has 3 aromatic rings. The molecule has 0 bridgehead atoms. The maximum atomic E-state index is 12.6. The second-order valence-electron chi connectivity index (χ2n) is 7.18. The van der Waals surface area contributed by atoms with Gasteiger partial charge in [-0.2, -0.15) is 0 Å². The number of hydrogen-bond donors (Lipinski definition) is 1. The molecule has 0 unspecified atom stereocenters. The molecule has 1 fully saturated rings. The van der Waals surface area contributed by atoms with Crippen LogP contribution in [0.3, 0.4) is 0 Å². The Morgan fingerprint density at radius 1 is 1.03 bits per heavy atom. The van der Waals surface area contributed by atoms with E-state index in [1.165, 1.54) is 0 Å². The summed E-state index contributed by atoms with van der Waals surface area (Å²) in [4.78, 5) is 21.8. The van der Waals surface area contributed by atoms with E-state index in [2.05, 4.69) is 33.1 Å². The minimum absolute atomic E-state index is 0.141. The van der Waals surface area contributed by atoms with Crippen LogP contribution in [0.25, 0.3) is 17.0 Å². The van der Waals surface area contributed by atoms with Gasteiger partial charge < -0.3 is 15.1 Å². The van der Waals surface area contributed by atoms with Crippen LogP contribution in [0.15, 0.2) is 66.9 Å². The summed E-state index contributed by atoms with van der Waals surface area (Å²) in [5.74, 6) is -0.141. The van der Waals surface area contributed by atoms with Gasteiger partial charge in [0, 0.05) is 49.4 Å². The predicted molar refractivity (Wildman–Crippen MR) is 120 cm³/mol. The predicted octanol–water partition coefficient (Wildman–Crippen LogP) is 4.03. The molecule has 29 heavy (non-hydrogen) atoms. The summed E-state index contributed by atoms with van der Waals surface area (Å²) in [5.41, 5.74) is 3.76. The van der Waals surface area contributed by atoms with Crippen LogP contribution in [0.5, 0.6) is 0 Å². The molecule has 0 saturated carbocycles. The average Bonchev–Trinajstić information content (AvgIpc) is 2.78. The lowest BCUT2D eigenvalue weighted by Gasteiger charge is -2.36. The van der Waals surface area contributed by atoms with Crippen LogP contribution in [0, 0.1) is 0 Å². The summed E-state index contributed by atoms with van der Waals surface area (Å²) in [6.07, 6.45) is 5.18.